The highest BCUT2D eigenvalue weighted by molar-refractivity contribution is 5.75. The fourth-order valence-corrected chi connectivity index (χ4v) is 2.91. The van der Waals surface area contributed by atoms with E-state index in [1.165, 1.54) is 11.1 Å². The van der Waals surface area contributed by atoms with Gasteiger partial charge in [-0.15, -0.1) is 0 Å². The molecule has 102 valence electrons. The maximum Gasteiger partial charge on any atom is 0.318 e. The van der Waals surface area contributed by atoms with Gasteiger partial charge in [0.1, 0.15) is 0 Å². The minimum absolute atomic E-state index is 0.0463. The standard InChI is InChI=1S/C15H20N2O2/c18-15(17-8-10-19-11-9-17)16-14-7-3-5-12-4-1-2-6-13(12)14/h1-2,4,6,14H,3,5,7-11H2,(H,16,18)/t14-/m1/s1. The molecule has 19 heavy (non-hydrogen) atoms. The molecule has 2 amide bonds. The number of fused-ring (bicyclic) bond motifs is 1. The van der Waals surface area contributed by atoms with Gasteiger partial charge in [0.05, 0.1) is 19.3 Å². The van der Waals surface area contributed by atoms with E-state index in [9.17, 15) is 4.79 Å². The second-order valence-corrected chi connectivity index (χ2v) is 5.19. The fraction of sp³-hybridized carbons (Fsp3) is 0.533. The third kappa shape index (κ3) is 2.73. The first kappa shape index (κ1) is 12.5. The number of hydrogen-bond acceptors (Lipinski definition) is 2. The second-order valence-electron chi connectivity index (χ2n) is 5.19. The SMILES string of the molecule is O=C(N[C@@H]1CCCc2ccccc21)N1CCOCC1. The number of nitrogens with one attached hydrogen (secondary N) is 1. The molecular weight excluding hydrogens is 240 g/mol. The zero-order valence-electron chi connectivity index (χ0n) is 11.1. The van der Waals surface area contributed by atoms with Gasteiger partial charge < -0.3 is 15.0 Å². The normalized spacial score (nSPS) is 22.7. The lowest BCUT2D eigenvalue weighted by molar-refractivity contribution is 0.0523. The van der Waals surface area contributed by atoms with E-state index in [1.54, 1.807) is 0 Å². The van der Waals surface area contributed by atoms with E-state index in [-0.39, 0.29) is 12.1 Å². The molecule has 1 aromatic carbocycles. The van der Waals surface area contributed by atoms with E-state index >= 15 is 0 Å². The zero-order valence-corrected chi connectivity index (χ0v) is 11.1. The number of urea groups is 1. The van der Waals surface area contributed by atoms with Crippen molar-refractivity contribution in [2.45, 2.75) is 25.3 Å². The van der Waals surface area contributed by atoms with Gasteiger partial charge in [0.25, 0.3) is 0 Å². The lowest BCUT2D eigenvalue weighted by atomic mass is 9.88. The highest BCUT2D eigenvalue weighted by Gasteiger charge is 2.24. The van der Waals surface area contributed by atoms with Gasteiger partial charge in [0.15, 0.2) is 0 Å². The summed E-state index contributed by atoms with van der Waals surface area (Å²) in [5.41, 5.74) is 2.66. The Morgan fingerprint density at radius 3 is 2.89 bits per heavy atom. The lowest BCUT2D eigenvalue weighted by Crippen LogP contribution is -2.47. The molecule has 1 fully saturated rings. The number of carbonyl (C=O) groups is 1. The van der Waals surface area contributed by atoms with Crippen LogP contribution in [0.4, 0.5) is 4.79 Å². The minimum atomic E-state index is 0.0463. The van der Waals surface area contributed by atoms with Crippen LogP contribution in [0.2, 0.25) is 0 Å². The summed E-state index contributed by atoms with van der Waals surface area (Å²) < 4.78 is 5.27. The molecule has 4 heteroatoms. The van der Waals surface area contributed by atoms with Gasteiger partial charge >= 0.3 is 6.03 Å². The van der Waals surface area contributed by atoms with Crippen LogP contribution >= 0.6 is 0 Å². The molecule has 1 N–H and O–H groups in total. The lowest BCUT2D eigenvalue weighted by Gasteiger charge is -2.31. The number of nitrogens with zero attached hydrogens (tertiary/aromatic N) is 1. The van der Waals surface area contributed by atoms with E-state index in [2.05, 4.69) is 29.6 Å². The van der Waals surface area contributed by atoms with Crippen LogP contribution in [0.5, 0.6) is 0 Å². The number of amides is 2. The molecular formula is C15H20N2O2. The van der Waals surface area contributed by atoms with Crippen molar-refractivity contribution in [1.82, 2.24) is 10.2 Å². The van der Waals surface area contributed by atoms with Crippen molar-refractivity contribution in [3.63, 3.8) is 0 Å². The Morgan fingerprint density at radius 2 is 2.05 bits per heavy atom. The Labute approximate surface area is 113 Å². The van der Waals surface area contributed by atoms with Crippen LogP contribution in [0, 0.1) is 0 Å². The molecule has 1 atom stereocenters. The van der Waals surface area contributed by atoms with E-state index < -0.39 is 0 Å². The summed E-state index contributed by atoms with van der Waals surface area (Å²) in [6.07, 6.45) is 3.30. The van der Waals surface area contributed by atoms with Crippen molar-refractivity contribution in [1.29, 1.82) is 0 Å². The minimum Gasteiger partial charge on any atom is -0.378 e. The molecule has 4 nitrogen and oxygen atoms in total. The quantitative estimate of drug-likeness (QED) is 0.840. The first-order chi connectivity index (χ1) is 9.34. The smallest absolute Gasteiger partial charge is 0.318 e. The summed E-state index contributed by atoms with van der Waals surface area (Å²) in [7, 11) is 0. The van der Waals surface area contributed by atoms with Gasteiger partial charge in [-0.3, -0.25) is 0 Å². The maximum absolute atomic E-state index is 12.2. The molecule has 1 aliphatic carbocycles. The Balaban J connectivity index is 1.68. The summed E-state index contributed by atoms with van der Waals surface area (Å²) in [5, 5.41) is 3.18. The molecule has 0 radical (unpaired) electrons. The van der Waals surface area contributed by atoms with Crippen molar-refractivity contribution < 1.29 is 9.53 Å². The summed E-state index contributed by atoms with van der Waals surface area (Å²) in [4.78, 5) is 14.1. The third-order valence-electron chi connectivity index (χ3n) is 3.97. The third-order valence-corrected chi connectivity index (χ3v) is 3.97. The molecule has 1 aliphatic heterocycles. The van der Waals surface area contributed by atoms with Crippen molar-refractivity contribution in [2.75, 3.05) is 26.3 Å². The summed E-state index contributed by atoms with van der Waals surface area (Å²) in [5.74, 6) is 0. The fourth-order valence-electron chi connectivity index (χ4n) is 2.91. The second kappa shape index (κ2) is 5.61. The summed E-state index contributed by atoms with van der Waals surface area (Å²) in [6.45, 7) is 2.68. The summed E-state index contributed by atoms with van der Waals surface area (Å²) in [6, 6.07) is 8.65. The molecule has 2 aliphatic rings. The van der Waals surface area contributed by atoms with Crippen LogP contribution in [-0.4, -0.2) is 37.2 Å². The number of carbonyl (C=O) groups excluding carboxylic acids is 1. The molecule has 3 rings (SSSR count). The predicted molar refractivity (Wildman–Crippen MR) is 73.0 cm³/mol. The van der Waals surface area contributed by atoms with E-state index in [0.29, 0.717) is 26.3 Å². The van der Waals surface area contributed by atoms with Gasteiger partial charge in [-0.2, -0.15) is 0 Å². The van der Waals surface area contributed by atoms with Gasteiger partial charge in [-0.1, -0.05) is 24.3 Å². The number of hydrogen-bond donors (Lipinski definition) is 1. The van der Waals surface area contributed by atoms with Gasteiger partial charge in [-0.05, 0) is 30.4 Å². The van der Waals surface area contributed by atoms with Gasteiger partial charge in [-0.25, -0.2) is 4.79 Å². The average Bonchev–Trinajstić information content (AvgIpc) is 2.48. The van der Waals surface area contributed by atoms with Crippen molar-refractivity contribution in [2.24, 2.45) is 0 Å². The molecule has 0 bridgehead atoms. The van der Waals surface area contributed by atoms with Crippen LogP contribution < -0.4 is 5.32 Å². The van der Waals surface area contributed by atoms with Gasteiger partial charge in [0, 0.05) is 13.1 Å². The number of ether oxygens (including phenoxy) is 1. The van der Waals surface area contributed by atoms with Crippen LogP contribution in [-0.2, 0) is 11.2 Å². The van der Waals surface area contributed by atoms with Crippen LogP contribution in [0.1, 0.15) is 30.0 Å². The van der Waals surface area contributed by atoms with Gasteiger partial charge in [0.2, 0.25) is 0 Å². The van der Waals surface area contributed by atoms with E-state index in [1.807, 2.05) is 4.90 Å². The Hall–Kier alpha value is -1.55. The first-order valence-electron chi connectivity index (χ1n) is 7.05. The Kier molecular flexibility index (Phi) is 3.69. The molecule has 0 aromatic heterocycles. The van der Waals surface area contributed by atoms with Crippen LogP contribution in [0.25, 0.3) is 0 Å². The van der Waals surface area contributed by atoms with Crippen LogP contribution in [0.15, 0.2) is 24.3 Å². The Bertz CT molecular complexity index is 455. The number of benzene rings is 1. The highest BCUT2D eigenvalue weighted by atomic mass is 16.5. The predicted octanol–water partition coefficient (Wildman–Crippen LogP) is 2.11. The van der Waals surface area contributed by atoms with E-state index in [0.717, 1.165) is 19.3 Å². The zero-order chi connectivity index (χ0) is 13.1. The number of aryl methyl sites for hydroxylation is 1. The molecule has 0 unspecified atom stereocenters. The van der Waals surface area contributed by atoms with Crippen molar-refractivity contribution in [3.8, 4) is 0 Å². The monoisotopic (exact) mass is 260 g/mol. The molecule has 0 saturated carbocycles. The van der Waals surface area contributed by atoms with Crippen molar-refractivity contribution in [3.05, 3.63) is 35.4 Å². The topological polar surface area (TPSA) is 41.6 Å². The average molecular weight is 260 g/mol. The highest BCUT2D eigenvalue weighted by Crippen LogP contribution is 2.29. The Morgan fingerprint density at radius 1 is 1.26 bits per heavy atom. The first-order valence-corrected chi connectivity index (χ1v) is 7.05. The van der Waals surface area contributed by atoms with E-state index in [4.69, 9.17) is 4.74 Å². The number of rotatable bonds is 1. The molecule has 1 aromatic rings. The molecule has 0 spiro atoms. The summed E-state index contributed by atoms with van der Waals surface area (Å²) >= 11 is 0. The molecule has 1 heterocycles. The van der Waals surface area contributed by atoms with Crippen LogP contribution in [0.3, 0.4) is 0 Å². The maximum atomic E-state index is 12.2. The van der Waals surface area contributed by atoms with Crippen molar-refractivity contribution >= 4 is 6.03 Å². The number of morpholine rings is 1. The largest absolute Gasteiger partial charge is 0.378 e. The molecule has 1 saturated heterocycles.